The molecule has 0 fully saturated rings. The van der Waals surface area contributed by atoms with E-state index in [2.05, 4.69) is 4.98 Å². The molecule has 0 N–H and O–H groups in total. The molecule has 0 saturated heterocycles. The molecule has 7 heteroatoms. The molecule has 22 heavy (non-hydrogen) atoms. The van der Waals surface area contributed by atoms with Crippen LogP contribution in [-0.4, -0.2) is 24.1 Å². The minimum absolute atomic E-state index is 0.139. The fraction of sp³-hybridized carbons (Fsp3) is 0.133. The van der Waals surface area contributed by atoms with E-state index in [0.717, 1.165) is 0 Å². The van der Waals surface area contributed by atoms with Gasteiger partial charge < -0.3 is 13.9 Å². The van der Waals surface area contributed by atoms with Gasteiger partial charge in [-0.05, 0) is 24.3 Å². The smallest absolute Gasteiger partial charge is 0.311 e. The summed E-state index contributed by atoms with van der Waals surface area (Å²) in [6.07, 6.45) is 0. The van der Waals surface area contributed by atoms with Gasteiger partial charge in [-0.15, -0.1) is 0 Å². The van der Waals surface area contributed by atoms with Gasteiger partial charge in [0.25, 0.3) is 0 Å². The zero-order valence-corrected chi connectivity index (χ0v) is 11.9. The first-order valence-corrected chi connectivity index (χ1v) is 6.40. The van der Waals surface area contributed by atoms with Gasteiger partial charge in [0.2, 0.25) is 5.89 Å². The standard InChI is InChI=1S/C15H12N2O5/c1-20-10-4-6-13-11(8-10)16-15(22-13)9-3-5-14(21-2)12(7-9)17(18)19/h3-8H,1-2H3. The number of oxazole rings is 1. The van der Waals surface area contributed by atoms with Crippen molar-refractivity contribution in [2.75, 3.05) is 14.2 Å². The zero-order valence-electron chi connectivity index (χ0n) is 11.9. The Hall–Kier alpha value is -3.09. The average molecular weight is 300 g/mol. The van der Waals surface area contributed by atoms with Gasteiger partial charge in [0.05, 0.1) is 19.1 Å². The van der Waals surface area contributed by atoms with Gasteiger partial charge in [-0.25, -0.2) is 4.98 Å². The van der Waals surface area contributed by atoms with E-state index in [1.54, 1.807) is 31.4 Å². The van der Waals surface area contributed by atoms with E-state index < -0.39 is 4.92 Å². The molecule has 0 aliphatic heterocycles. The van der Waals surface area contributed by atoms with Crippen LogP contribution in [-0.2, 0) is 0 Å². The Labute approximate surface area is 125 Å². The van der Waals surface area contributed by atoms with Crippen molar-refractivity contribution in [2.45, 2.75) is 0 Å². The van der Waals surface area contributed by atoms with Crippen LogP contribution in [0.1, 0.15) is 0 Å². The number of benzene rings is 2. The normalized spacial score (nSPS) is 10.6. The van der Waals surface area contributed by atoms with Gasteiger partial charge in [-0.2, -0.15) is 0 Å². The third-order valence-electron chi connectivity index (χ3n) is 3.22. The van der Waals surface area contributed by atoms with E-state index in [1.807, 2.05) is 0 Å². The lowest BCUT2D eigenvalue weighted by atomic mass is 10.2. The molecule has 1 aromatic heterocycles. The van der Waals surface area contributed by atoms with Crippen LogP contribution >= 0.6 is 0 Å². The summed E-state index contributed by atoms with van der Waals surface area (Å²) in [4.78, 5) is 14.9. The van der Waals surface area contributed by atoms with Crippen molar-refractivity contribution in [3.8, 4) is 23.0 Å². The Morgan fingerprint density at radius 2 is 1.95 bits per heavy atom. The molecule has 1 heterocycles. The van der Waals surface area contributed by atoms with Crippen molar-refractivity contribution in [2.24, 2.45) is 0 Å². The first-order chi connectivity index (χ1) is 10.6. The monoisotopic (exact) mass is 300 g/mol. The third kappa shape index (κ3) is 2.32. The maximum atomic E-state index is 11.1. The highest BCUT2D eigenvalue weighted by Crippen LogP contribution is 2.33. The maximum Gasteiger partial charge on any atom is 0.311 e. The highest BCUT2D eigenvalue weighted by Gasteiger charge is 2.18. The molecule has 2 aromatic carbocycles. The SMILES string of the molecule is COc1ccc2oc(-c3ccc(OC)c([N+](=O)[O-])c3)nc2c1. The Balaban J connectivity index is 2.10. The number of ether oxygens (including phenoxy) is 2. The molecule has 0 aliphatic carbocycles. The minimum Gasteiger partial charge on any atom is -0.497 e. The lowest BCUT2D eigenvalue weighted by Gasteiger charge is -2.02. The number of fused-ring (bicyclic) bond motifs is 1. The molecular formula is C15H12N2O5. The molecule has 0 unspecified atom stereocenters. The predicted octanol–water partition coefficient (Wildman–Crippen LogP) is 3.42. The number of aromatic nitrogens is 1. The number of nitrogens with zero attached hydrogens (tertiary/aromatic N) is 2. The summed E-state index contributed by atoms with van der Waals surface area (Å²) in [7, 11) is 2.95. The minimum atomic E-state index is -0.506. The molecule has 7 nitrogen and oxygen atoms in total. The number of rotatable bonds is 4. The fourth-order valence-electron chi connectivity index (χ4n) is 2.12. The van der Waals surface area contributed by atoms with Crippen LogP contribution in [0, 0.1) is 10.1 Å². The van der Waals surface area contributed by atoms with E-state index in [0.29, 0.717) is 28.3 Å². The molecule has 0 amide bonds. The maximum absolute atomic E-state index is 11.1. The van der Waals surface area contributed by atoms with Gasteiger partial charge in [-0.1, -0.05) is 0 Å². The van der Waals surface area contributed by atoms with E-state index in [9.17, 15) is 10.1 Å². The van der Waals surface area contributed by atoms with Crippen LogP contribution in [0.15, 0.2) is 40.8 Å². The summed E-state index contributed by atoms with van der Waals surface area (Å²) in [6, 6.07) is 9.79. The van der Waals surface area contributed by atoms with Crippen molar-refractivity contribution >= 4 is 16.8 Å². The molecule has 0 aliphatic rings. The van der Waals surface area contributed by atoms with E-state index in [4.69, 9.17) is 13.9 Å². The second-order valence-corrected chi connectivity index (χ2v) is 4.50. The third-order valence-corrected chi connectivity index (χ3v) is 3.22. The van der Waals surface area contributed by atoms with E-state index in [-0.39, 0.29) is 11.4 Å². The van der Waals surface area contributed by atoms with Crippen LogP contribution < -0.4 is 9.47 Å². The van der Waals surface area contributed by atoms with Gasteiger partial charge in [-0.3, -0.25) is 10.1 Å². The number of hydrogen-bond acceptors (Lipinski definition) is 6. The highest BCUT2D eigenvalue weighted by molar-refractivity contribution is 5.78. The van der Waals surface area contributed by atoms with Crippen LogP contribution in [0.2, 0.25) is 0 Å². The van der Waals surface area contributed by atoms with Gasteiger partial charge in [0.1, 0.15) is 11.3 Å². The Kier molecular flexibility index (Phi) is 3.38. The number of nitro groups is 1. The topological polar surface area (TPSA) is 87.6 Å². The summed E-state index contributed by atoms with van der Waals surface area (Å²) in [5.41, 5.74) is 1.56. The molecule has 0 radical (unpaired) electrons. The van der Waals surface area contributed by atoms with Crippen molar-refractivity contribution in [1.29, 1.82) is 0 Å². The van der Waals surface area contributed by atoms with Gasteiger partial charge in [0.15, 0.2) is 11.3 Å². The summed E-state index contributed by atoms with van der Waals surface area (Å²) >= 11 is 0. The number of methoxy groups -OCH3 is 2. The lowest BCUT2D eigenvalue weighted by Crippen LogP contribution is -1.94. The van der Waals surface area contributed by atoms with E-state index >= 15 is 0 Å². The van der Waals surface area contributed by atoms with Crippen LogP contribution in [0.3, 0.4) is 0 Å². The molecule has 0 spiro atoms. The largest absolute Gasteiger partial charge is 0.497 e. The fourth-order valence-corrected chi connectivity index (χ4v) is 2.12. The quantitative estimate of drug-likeness (QED) is 0.542. The van der Waals surface area contributed by atoms with Crippen LogP contribution in [0.25, 0.3) is 22.6 Å². The molecule has 112 valence electrons. The Bertz CT molecular complexity index is 856. The second kappa shape index (κ2) is 5.36. The van der Waals surface area contributed by atoms with Crippen LogP contribution in [0.4, 0.5) is 5.69 Å². The number of hydrogen-bond donors (Lipinski definition) is 0. The van der Waals surface area contributed by atoms with Crippen molar-refractivity contribution in [3.05, 3.63) is 46.5 Å². The first-order valence-electron chi connectivity index (χ1n) is 6.40. The second-order valence-electron chi connectivity index (χ2n) is 4.50. The molecule has 0 bridgehead atoms. The van der Waals surface area contributed by atoms with Crippen molar-refractivity contribution in [3.63, 3.8) is 0 Å². The highest BCUT2D eigenvalue weighted by atomic mass is 16.6. The predicted molar refractivity (Wildman–Crippen MR) is 79.2 cm³/mol. The van der Waals surface area contributed by atoms with E-state index in [1.165, 1.54) is 19.2 Å². The zero-order chi connectivity index (χ0) is 15.7. The molecule has 3 rings (SSSR count). The number of nitro benzene ring substituents is 1. The average Bonchev–Trinajstić information content (AvgIpc) is 2.96. The van der Waals surface area contributed by atoms with Crippen LogP contribution in [0.5, 0.6) is 11.5 Å². The van der Waals surface area contributed by atoms with Crippen molar-refractivity contribution < 1.29 is 18.8 Å². The van der Waals surface area contributed by atoms with Gasteiger partial charge in [0, 0.05) is 17.7 Å². The van der Waals surface area contributed by atoms with Gasteiger partial charge >= 0.3 is 5.69 Å². The summed E-state index contributed by atoms with van der Waals surface area (Å²) < 4.78 is 15.7. The summed E-state index contributed by atoms with van der Waals surface area (Å²) in [5, 5.41) is 11.1. The first kappa shape index (κ1) is 13.9. The lowest BCUT2D eigenvalue weighted by molar-refractivity contribution is -0.385. The summed E-state index contributed by atoms with van der Waals surface area (Å²) in [5.74, 6) is 1.15. The Morgan fingerprint density at radius 3 is 2.64 bits per heavy atom. The molecule has 0 saturated carbocycles. The van der Waals surface area contributed by atoms with Crippen molar-refractivity contribution in [1.82, 2.24) is 4.98 Å². The Morgan fingerprint density at radius 1 is 1.14 bits per heavy atom. The summed E-state index contributed by atoms with van der Waals surface area (Å²) in [6.45, 7) is 0. The molecule has 3 aromatic rings. The molecule has 0 atom stereocenters. The molecular weight excluding hydrogens is 288 g/mol.